The van der Waals surface area contributed by atoms with Gasteiger partial charge in [-0.15, -0.1) is 0 Å². The van der Waals surface area contributed by atoms with Crippen molar-refractivity contribution < 1.29 is 0 Å². The number of hydrogen-bond acceptors (Lipinski definition) is 2. The standard InChI is InChI=1S/C11H20N2/c1-2-3-8-13-11-7-5-4-6-10(11)9-12/h10-11,13H,2-8H2,1H3. The molecule has 1 rings (SSSR count). The molecule has 74 valence electrons. The highest BCUT2D eigenvalue weighted by Crippen LogP contribution is 2.23. The Labute approximate surface area is 81.3 Å². The van der Waals surface area contributed by atoms with E-state index in [4.69, 9.17) is 5.26 Å². The second kappa shape index (κ2) is 5.99. The largest absolute Gasteiger partial charge is 0.313 e. The minimum absolute atomic E-state index is 0.269. The lowest BCUT2D eigenvalue weighted by molar-refractivity contribution is 0.312. The maximum Gasteiger partial charge on any atom is 0.0672 e. The second-order valence-corrected chi connectivity index (χ2v) is 3.93. The summed E-state index contributed by atoms with van der Waals surface area (Å²) in [5.74, 6) is 0.269. The smallest absolute Gasteiger partial charge is 0.0672 e. The van der Waals surface area contributed by atoms with Crippen LogP contribution in [-0.2, 0) is 0 Å². The molecule has 2 unspecified atom stereocenters. The SMILES string of the molecule is CCCCNC1CCCCC1C#N. The minimum atomic E-state index is 0.269. The number of hydrogen-bond donors (Lipinski definition) is 1. The molecule has 0 bridgehead atoms. The molecule has 13 heavy (non-hydrogen) atoms. The van der Waals surface area contributed by atoms with Gasteiger partial charge in [0.25, 0.3) is 0 Å². The average Bonchev–Trinajstić information content (AvgIpc) is 2.19. The van der Waals surface area contributed by atoms with Gasteiger partial charge in [-0.2, -0.15) is 5.26 Å². The van der Waals surface area contributed by atoms with E-state index in [9.17, 15) is 0 Å². The summed E-state index contributed by atoms with van der Waals surface area (Å²) >= 11 is 0. The minimum Gasteiger partial charge on any atom is -0.313 e. The number of nitriles is 1. The number of nitrogens with one attached hydrogen (secondary N) is 1. The highest BCUT2D eigenvalue weighted by molar-refractivity contribution is 4.94. The van der Waals surface area contributed by atoms with Crippen LogP contribution < -0.4 is 5.32 Å². The molecule has 2 heteroatoms. The predicted octanol–water partition coefficient (Wildman–Crippen LogP) is 2.46. The normalized spacial score (nSPS) is 28.3. The Morgan fingerprint density at radius 1 is 1.38 bits per heavy atom. The van der Waals surface area contributed by atoms with Crippen LogP contribution in [0.25, 0.3) is 0 Å². The Bertz CT molecular complexity index is 171. The maximum atomic E-state index is 8.93. The molecule has 0 saturated heterocycles. The molecule has 1 aliphatic rings. The maximum absolute atomic E-state index is 8.93. The van der Waals surface area contributed by atoms with Crippen molar-refractivity contribution >= 4 is 0 Å². The summed E-state index contributed by atoms with van der Waals surface area (Å²) in [6.07, 6.45) is 7.29. The summed E-state index contributed by atoms with van der Waals surface area (Å²) in [5.41, 5.74) is 0. The lowest BCUT2D eigenvalue weighted by Crippen LogP contribution is -2.38. The van der Waals surface area contributed by atoms with E-state index in [2.05, 4.69) is 18.3 Å². The zero-order chi connectivity index (χ0) is 9.52. The molecule has 0 radical (unpaired) electrons. The van der Waals surface area contributed by atoms with E-state index in [0.29, 0.717) is 6.04 Å². The monoisotopic (exact) mass is 180 g/mol. The fourth-order valence-electron chi connectivity index (χ4n) is 1.99. The lowest BCUT2D eigenvalue weighted by atomic mass is 9.85. The van der Waals surface area contributed by atoms with E-state index >= 15 is 0 Å². The topological polar surface area (TPSA) is 35.8 Å². The van der Waals surface area contributed by atoms with Crippen LogP contribution in [0, 0.1) is 17.2 Å². The molecule has 1 saturated carbocycles. The summed E-state index contributed by atoms with van der Waals surface area (Å²) in [4.78, 5) is 0. The van der Waals surface area contributed by atoms with E-state index in [-0.39, 0.29) is 5.92 Å². The predicted molar refractivity (Wildman–Crippen MR) is 54.3 cm³/mol. The third-order valence-corrected chi connectivity index (χ3v) is 2.87. The van der Waals surface area contributed by atoms with Gasteiger partial charge in [-0.05, 0) is 25.8 Å². The Morgan fingerprint density at radius 2 is 2.15 bits per heavy atom. The average molecular weight is 180 g/mol. The van der Waals surface area contributed by atoms with Crippen LogP contribution in [0.3, 0.4) is 0 Å². The molecule has 1 N–H and O–H groups in total. The van der Waals surface area contributed by atoms with Gasteiger partial charge in [0, 0.05) is 6.04 Å². The van der Waals surface area contributed by atoms with Crippen molar-refractivity contribution in [2.45, 2.75) is 51.5 Å². The molecular weight excluding hydrogens is 160 g/mol. The van der Waals surface area contributed by atoms with Crippen LogP contribution in [-0.4, -0.2) is 12.6 Å². The van der Waals surface area contributed by atoms with E-state index in [0.717, 1.165) is 13.0 Å². The highest BCUT2D eigenvalue weighted by atomic mass is 14.9. The van der Waals surface area contributed by atoms with Gasteiger partial charge in [-0.3, -0.25) is 0 Å². The van der Waals surface area contributed by atoms with Gasteiger partial charge in [-0.25, -0.2) is 0 Å². The summed E-state index contributed by atoms with van der Waals surface area (Å²) in [5, 5.41) is 12.4. The molecule has 2 atom stereocenters. The van der Waals surface area contributed by atoms with Crippen molar-refractivity contribution in [2.75, 3.05) is 6.54 Å². The lowest BCUT2D eigenvalue weighted by Gasteiger charge is -2.27. The van der Waals surface area contributed by atoms with Gasteiger partial charge < -0.3 is 5.32 Å². The molecule has 0 aromatic carbocycles. The van der Waals surface area contributed by atoms with Gasteiger partial charge in [0.2, 0.25) is 0 Å². The Morgan fingerprint density at radius 3 is 2.85 bits per heavy atom. The molecule has 0 aliphatic heterocycles. The van der Waals surface area contributed by atoms with Gasteiger partial charge in [0.1, 0.15) is 0 Å². The summed E-state index contributed by atoms with van der Waals surface area (Å²) in [6.45, 7) is 3.28. The zero-order valence-electron chi connectivity index (χ0n) is 8.55. The number of nitrogens with zero attached hydrogens (tertiary/aromatic N) is 1. The molecule has 0 spiro atoms. The van der Waals surface area contributed by atoms with Crippen molar-refractivity contribution in [2.24, 2.45) is 5.92 Å². The Balaban J connectivity index is 2.24. The van der Waals surface area contributed by atoms with Crippen LogP contribution in [0.15, 0.2) is 0 Å². The Hall–Kier alpha value is -0.550. The van der Waals surface area contributed by atoms with Crippen molar-refractivity contribution in [3.63, 3.8) is 0 Å². The van der Waals surface area contributed by atoms with Gasteiger partial charge in [0.05, 0.1) is 12.0 Å². The van der Waals surface area contributed by atoms with Crippen LogP contribution >= 0.6 is 0 Å². The van der Waals surface area contributed by atoms with Crippen molar-refractivity contribution in [3.05, 3.63) is 0 Å². The van der Waals surface area contributed by atoms with Crippen molar-refractivity contribution in [1.29, 1.82) is 5.26 Å². The molecular formula is C11H20N2. The van der Waals surface area contributed by atoms with E-state index in [1.54, 1.807) is 0 Å². The van der Waals surface area contributed by atoms with Crippen LogP contribution in [0.5, 0.6) is 0 Å². The van der Waals surface area contributed by atoms with Gasteiger partial charge in [0.15, 0.2) is 0 Å². The third kappa shape index (κ3) is 3.36. The van der Waals surface area contributed by atoms with E-state index in [1.165, 1.54) is 32.1 Å². The number of rotatable bonds is 4. The first-order valence-electron chi connectivity index (χ1n) is 5.51. The number of unbranched alkanes of at least 4 members (excludes halogenated alkanes) is 1. The summed E-state index contributed by atoms with van der Waals surface area (Å²) in [7, 11) is 0. The first kappa shape index (κ1) is 10.5. The second-order valence-electron chi connectivity index (χ2n) is 3.93. The fourth-order valence-corrected chi connectivity index (χ4v) is 1.99. The van der Waals surface area contributed by atoms with Gasteiger partial charge in [-0.1, -0.05) is 26.2 Å². The van der Waals surface area contributed by atoms with E-state index in [1.807, 2.05) is 0 Å². The molecule has 1 aliphatic carbocycles. The third-order valence-electron chi connectivity index (χ3n) is 2.87. The molecule has 0 aromatic heterocycles. The van der Waals surface area contributed by atoms with E-state index < -0.39 is 0 Å². The summed E-state index contributed by atoms with van der Waals surface area (Å²) < 4.78 is 0. The van der Waals surface area contributed by atoms with Gasteiger partial charge >= 0.3 is 0 Å². The molecule has 0 aromatic rings. The molecule has 0 amide bonds. The van der Waals surface area contributed by atoms with Crippen molar-refractivity contribution in [3.8, 4) is 6.07 Å². The van der Waals surface area contributed by atoms with Crippen LogP contribution in [0.2, 0.25) is 0 Å². The molecule has 0 heterocycles. The molecule has 2 nitrogen and oxygen atoms in total. The first-order chi connectivity index (χ1) is 6.38. The summed E-state index contributed by atoms with van der Waals surface area (Å²) in [6, 6.07) is 2.90. The van der Waals surface area contributed by atoms with Crippen LogP contribution in [0.4, 0.5) is 0 Å². The Kier molecular flexibility index (Phi) is 4.85. The molecule has 1 fully saturated rings. The van der Waals surface area contributed by atoms with Crippen LogP contribution in [0.1, 0.15) is 45.4 Å². The first-order valence-corrected chi connectivity index (χ1v) is 5.51. The van der Waals surface area contributed by atoms with Crippen molar-refractivity contribution in [1.82, 2.24) is 5.32 Å². The highest BCUT2D eigenvalue weighted by Gasteiger charge is 2.23. The quantitative estimate of drug-likeness (QED) is 0.675. The zero-order valence-corrected chi connectivity index (χ0v) is 8.55. The fraction of sp³-hybridized carbons (Fsp3) is 0.909.